The summed E-state index contributed by atoms with van der Waals surface area (Å²) in [5.41, 5.74) is 4.45. The van der Waals surface area contributed by atoms with Gasteiger partial charge in [-0.15, -0.1) is 0 Å². The largest absolute Gasteiger partial charge is 0.481 e. The molecule has 0 fully saturated rings. The van der Waals surface area contributed by atoms with Crippen molar-refractivity contribution >= 4 is 18.0 Å². The molecule has 0 saturated carbocycles. The van der Waals surface area contributed by atoms with Crippen LogP contribution in [-0.2, 0) is 14.3 Å². The topological polar surface area (TPSA) is 105 Å². The van der Waals surface area contributed by atoms with Crippen molar-refractivity contribution in [3.8, 4) is 11.1 Å². The van der Waals surface area contributed by atoms with Crippen LogP contribution in [0.4, 0.5) is 4.79 Å². The fourth-order valence-corrected chi connectivity index (χ4v) is 4.58. The minimum Gasteiger partial charge on any atom is -0.481 e. The molecule has 2 atom stereocenters. The molecule has 0 aliphatic heterocycles. The summed E-state index contributed by atoms with van der Waals surface area (Å²) in [6.45, 7) is 7.90. The number of alkyl carbamates (subject to hydrolysis) is 1. The molecule has 1 unspecified atom stereocenters. The zero-order valence-electron chi connectivity index (χ0n) is 20.3. The van der Waals surface area contributed by atoms with Crippen LogP contribution < -0.4 is 10.6 Å². The molecule has 2 amide bonds. The number of fused-ring (bicyclic) bond motifs is 3. The zero-order chi connectivity index (χ0) is 24.9. The summed E-state index contributed by atoms with van der Waals surface area (Å²) in [7, 11) is 0. The zero-order valence-corrected chi connectivity index (χ0v) is 20.3. The van der Waals surface area contributed by atoms with E-state index in [1.165, 1.54) is 0 Å². The summed E-state index contributed by atoms with van der Waals surface area (Å²) in [6, 6.07) is 15.3. The minimum atomic E-state index is -0.959. The average molecular weight is 467 g/mol. The van der Waals surface area contributed by atoms with Crippen molar-refractivity contribution in [1.29, 1.82) is 0 Å². The smallest absolute Gasteiger partial charge is 0.407 e. The van der Waals surface area contributed by atoms with Crippen molar-refractivity contribution in [2.75, 3.05) is 6.61 Å². The van der Waals surface area contributed by atoms with Crippen LogP contribution in [0.15, 0.2) is 48.5 Å². The number of carbonyl (C=O) groups excluding carboxylic acids is 2. The van der Waals surface area contributed by atoms with Crippen LogP contribution in [0.1, 0.15) is 64.0 Å². The quantitative estimate of drug-likeness (QED) is 0.497. The van der Waals surface area contributed by atoms with Gasteiger partial charge in [-0.05, 0) is 41.0 Å². The van der Waals surface area contributed by atoms with Crippen LogP contribution in [0.25, 0.3) is 11.1 Å². The molecule has 0 saturated heterocycles. The first-order valence-electron chi connectivity index (χ1n) is 11.7. The Morgan fingerprint density at radius 2 is 1.50 bits per heavy atom. The Morgan fingerprint density at radius 1 is 0.941 bits per heavy atom. The van der Waals surface area contributed by atoms with E-state index >= 15 is 0 Å². The standard InChI is InChI=1S/C27H34N2O5/c1-17(13-24(30)29-18(14-25(31)32)15-27(2,3)4)28-26(33)34-16-23-21-11-7-5-9-19(21)20-10-6-8-12-22(20)23/h5-12,17-18,23H,13-16H2,1-4H3,(H,28,33)(H,29,30)(H,31,32)/t17-,18?/m0/s1. The monoisotopic (exact) mass is 466 g/mol. The number of carboxylic acid groups (broad SMARTS) is 1. The van der Waals surface area contributed by atoms with E-state index in [2.05, 4.69) is 34.9 Å². The first-order valence-corrected chi connectivity index (χ1v) is 11.7. The molecule has 3 rings (SSSR count). The summed E-state index contributed by atoms with van der Waals surface area (Å²) >= 11 is 0. The molecule has 0 radical (unpaired) electrons. The van der Waals surface area contributed by atoms with E-state index in [1.807, 2.05) is 45.0 Å². The second-order valence-corrected chi connectivity index (χ2v) is 10.2. The number of ether oxygens (including phenoxy) is 1. The van der Waals surface area contributed by atoms with Gasteiger partial charge in [0.1, 0.15) is 6.61 Å². The van der Waals surface area contributed by atoms with E-state index in [-0.39, 0.29) is 36.7 Å². The van der Waals surface area contributed by atoms with Gasteiger partial charge in [0.15, 0.2) is 0 Å². The summed E-state index contributed by atoms with van der Waals surface area (Å²) < 4.78 is 5.53. The molecule has 7 heteroatoms. The van der Waals surface area contributed by atoms with Gasteiger partial charge in [-0.3, -0.25) is 9.59 Å². The van der Waals surface area contributed by atoms with Crippen molar-refractivity contribution in [3.05, 3.63) is 59.7 Å². The van der Waals surface area contributed by atoms with Crippen LogP contribution in [0, 0.1) is 5.41 Å². The minimum absolute atomic E-state index is 0.0322. The third kappa shape index (κ3) is 6.83. The normalized spacial score (nSPS) is 14.5. The van der Waals surface area contributed by atoms with Gasteiger partial charge in [-0.1, -0.05) is 69.3 Å². The van der Waals surface area contributed by atoms with Crippen molar-refractivity contribution in [3.63, 3.8) is 0 Å². The summed E-state index contributed by atoms with van der Waals surface area (Å²) in [5.74, 6) is -1.30. The van der Waals surface area contributed by atoms with Crippen LogP contribution in [0.2, 0.25) is 0 Å². The molecule has 0 heterocycles. The highest BCUT2D eigenvalue weighted by atomic mass is 16.5. The molecule has 2 aromatic rings. The maximum atomic E-state index is 12.5. The summed E-state index contributed by atoms with van der Waals surface area (Å²) in [5, 5.41) is 14.6. The Kier molecular flexibility index (Phi) is 7.97. The third-order valence-electron chi connectivity index (χ3n) is 5.84. The number of carboxylic acids is 1. The third-order valence-corrected chi connectivity index (χ3v) is 5.84. The maximum Gasteiger partial charge on any atom is 0.407 e. The Labute approximate surface area is 200 Å². The second kappa shape index (κ2) is 10.7. The second-order valence-electron chi connectivity index (χ2n) is 10.2. The molecule has 0 bridgehead atoms. The molecule has 2 aromatic carbocycles. The SMILES string of the molecule is C[C@@H](CC(=O)NC(CC(=O)O)CC(C)(C)C)NC(=O)OCC1c2ccccc2-c2ccccc21. The predicted molar refractivity (Wildman–Crippen MR) is 131 cm³/mol. The summed E-state index contributed by atoms with van der Waals surface area (Å²) in [4.78, 5) is 36.0. The van der Waals surface area contributed by atoms with Gasteiger partial charge in [-0.25, -0.2) is 4.79 Å². The number of amides is 2. The van der Waals surface area contributed by atoms with Gasteiger partial charge < -0.3 is 20.5 Å². The lowest BCUT2D eigenvalue weighted by Crippen LogP contribution is -2.43. The lowest BCUT2D eigenvalue weighted by molar-refractivity contribution is -0.137. The van der Waals surface area contributed by atoms with Gasteiger partial charge in [0, 0.05) is 24.4 Å². The average Bonchev–Trinajstić information content (AvgIpc) is 3.04. The van der Waals surface area contributed by atoms with E-state index in [0.29, 0.717) is 6.42 Å². The van der Waals surface area contributed by atoms with E-state index in [9.17, 15) is 14.4 Å². The number of carbonyl (C=O) groups is 3. The summed E-state index contributed by atoms with van der Waals surface area (Å²) in [6.07, 6.45) is -0.153. The van der Waals surface area contributed by atoms with Crippen LogP contribution in [-0.4, -0.2) is 41.8 Å². The van der Waals surface area contributed by atoms with E-state index in [4.69, 9.17) is 9.84 Å². The molecule has 0 spiro atoms. The molecule has 34 heavy (non-hydrogen) atoms. The highest BCUT2D eigenvalue weighted by molar-refractivity contribution is 5.80. The van der Waals surface area contributed by atoms with E-state index in [1.54, 1.807) is 6.92 Å². The van der Waals surface area contributed by atoms with Crippen molar-refractivity contribution in [2.24, 2.45) is 5.41 Å². The number of rotatable bonds is 9. The Bertz CT molecular complexity index is 998. The number of aliphatic carboxylic acids is 1. The fourth-order valence-electron chi connectivity index (χ4n) is 4.58. The Hall–Kier alpha value is -3.35. The van der Waals surface area contributed by atoms with Gasteiger partial charge in [0.05, 0.1) is 6.42 Å². The maximum absolute atomic E-state index is 12.5. The molecule has 1 aliphatic carbocycles. The number of nitrogens with one attached hydrogen (secondary N) is 2. The van der Waals surface area contributed by atoms with Crippen LogP contribution in [0.5, 0.6) is 0 Å². The lowest BCUT2D eigenvalue weighted by Gasteiger charge is -2.26. The van der Waals surface area contributed by atoms with Crippen LogP contribution in [0.3, 0.4) is 0 Å². The highest BCUT2D eigenvalue weighted by Crippen LogP contribution is 2.44. The molecule has 1 aliphatic rings. The van der Waals surface area contributed by atoms with Crippen molar-refractivity contribution in [2.45, 2.75) is 65.0 Å². The molecule has 182 valence electrons. The molecule has 3 N–H and O–H groups in total. The molecular weight excluding hydrogens is 432 g/mol. The predicted octanol–water partition coefficient (Wildman–Crippen LogP) is 4.70. The number of hydrogen-bond acceptors (Lipinski definition) is 4. The number of hydrogen-bond donors (Lipinski definition) is 3. The Morgan fingerprint density at radius 3 is 2.03 bits per heavy atom. The first-order chi connectivity index (χ1) is 16.0. The van der Waals surface area contributed by atoms with Gasteiger partial charge in [0.25, 0.3) is 0 Å². The van der Waals surface area contributed by atoms with E-state index in [0.717, 1.165) is 22.3 Å². The van der Waals surface area contributed by atoms with Gasteiger partial charge in [0.2, 0.25) is 5.91 Å². The molecular formula is C27H34N2O5. The van der Waals surface area contributed by atoms with E-state index < -0.39 is 24.1 Å². The van der Waals surface area contributed by atoms with Gasteiger partial charge in [-0.2, -0.15) is 0 Å². The van der Waals surface area contributed by atoms with Crippen molar-refractivity contribution < 1.29 is 24.2 Å². The van der Waals surface area contributed by atoms with Crippen LogP contribution >= 0.6 is 0 Å². The first kappa shape index (κ1) is 25.3. The Balaban J connectivity index is 1.51. The van der Waals surface area contributed by atoms with Gasteiger partial charge >= 0.3 is 12.1 Å². The molecule has 7 nitrogen and oxygen atoms in total. The number of benzene rings is 2. The molecule has 0 aromatic heterocycles. The lowest BCUT2D eigenvalue weighted by atomic mass is 9.87. The fraction of sp³-hybridized carbons (Fsp3) is 0.444. The van der Waals surface area contributed by atoms with Crippen molar-refractivity contribution in [1.82, 2.24) is 10.6 Å². The highest BCUT2D eigenvalue weighted by Gasteiger charge is 2.29.